The molecule has 0 spiro atoms. The highest BCUT2D eigenvalue weighted by atomic mass is 16.5. The second-order valence-electron chi connectivity index (χ2n) is 5.31. The molecule has 0 heterocycles. The van der Waals surface area contributed by atoms with E-state index in [9.17, 15) is 0 Å². The molecule has 1 saturated carbocycles. The molecular formula is C15H23NO. The number of benzene rings is 1. The van der Waals surface area contributed by atoms with Crippen molar-refractivity contribution in [2.75, 3.05) is 12.4 Å². The van der Waals surface area contributed by atoms with Crippen molar-refractivity contribution >= 4 is 5.69 Å². The Hall–Kier alpha value is -1.18. The van der Waals surface area contributed by atoms with E-state index >= 15 is 0 Å². The number of ether oxygens (including phenoxy) is 1. The quantitative estimate of drug-likeness (QED) is 0.832. The van der Waals surface area contributed by atoms with E-state index in [1.54, 1.807) is 7.11 Å². The molecule has 1 aromatic carbocycles. The number of hydrogen-bond donors (Lipinski definition) is 1. The normalized spacial score (nSPS) is 16.7. The fraction of sp³-hybridized carbons (Fsp3) is 0.600. The molecule has 1 fully saturated rings. The molecule has 1 aromatic rings. The lowest BCUT2D eigenvalue weighted by atomic mass is 10.1. The lowest BCUT2D eigenvalue weighted by molar-refractivity contribution is 0.409. The molecule has 0 saturated heterocycles. The van der Waals surface area contributed by atoms with Gasteiger partial charge in [0.1, 0.15) is 5.75 Å². The summed E-state index contributed by atoms with van der Waals surface area (Å²) in [5, 5.41) is 3.60. The van der Waals surface area contributed by atoms with Crippen LogP contribution in [0.15, 0.2) is 12.1 Å². The Balaban J connectivity index is 2.09. The number of methoxy groups -OCH3 is 1. The molecule has 0 radical (unpaired) electrons. The lowest BCUT2D eigenvalue weighted by Crippen LogP contribution is -2.16. The Kier molecular flexibility index (Phi) is 3.60. The molecule has 94 valence electrons. The minimum absolute atomic E-state index is 0.550. The van der Waals surface area contributed by atoms with Crippen LogP contribution in [0.2, 0.25) is 0 Å². The van der Waals surface area contributed by atoms with Crippen LogP contribution < -0.4 is 10.1 Å². The van der Waals surface area contributed by atoms with Crippen LogP contribution in [0.5, 0.6) is 5.75 Å². The summed E-state index contributed by atoms with van der Waals surface area (Å²) < 4.78 is 5.45. The molecule has 0 bridgehead atoms. The Morgan fingerprint density at radius 1 is 1.35 bits per heavy atom. The van der Waals surface area contributed by atoms with Crippen molar-refractivity contribution in [2.45, 2.75) is 46.1 Å². The largest absolute Gasteiger partial charge is 0.496 e. The van der Waals surface area contributed by atoms with Gasteiger partial charge in [-0.1, -0.05) is 18.9 Å². The zero-order valence-electron chi connectivity index (χ0n) is 11.3. The van der Waals surface area contributed by atoms with Crippen LogP contribution in [0.25, 0.3) is 0 Å². The van der Waals surface area contributed by atoms with Crippen LogP contribution in [0.1, 0.15) is 37.3 Å². The third-order valence-corrected chi connectivity index (χ3v) is 3.59. The molecular weight excluding hydrogens is 210 g/mol. The molecule has 2 heteroatoms. The van der Waals surface area contributed by atoms with E-state index in [0.29, 0.717) is 6.04 Å². The summed E-state index contributed by atoms with van der Waals surface area (Å²) in [6.45, 7) is 6.48. The first-order chi connectivity index (χ1) is 8.11. The van der Waals surface area contributed by atoms with E-state index < -0.39 is 0 Å². The number of aryl methyl sites for hydroxylation is 1. The highest BCUT2D eigenvalue weighted by Crippen LogP contribution is 2.35. The smallest absolute Gasteiger partial charge is 0.126 e. The topological polar surface area (TPSA) is 21.3 Å². The second-order valence-corrected chi connectivity index (χ2v) is 5.31. The molecule has 1 N–H and O–H groups in total. The Morgan fingerprint density at radius 3 is 2.65 bits per heavy atom. The first-order valence-corrected chi connectivity index (χ1v) is 6.52. The van der Waals surface area contributed by atoms with Crippen LogP contribution in [-0.4, -0.2) is 13.2 Å². The molecule has 1 aliphatic carbocycles. The van der Waals surface area contributed by atoms with Crippen LogP contribution >= 0.6 is 0 Å². The molecule has 0 aromatic heterocycles. The number of nitrogens with one attached hydrogen (secondary N) is 1. The fourth-order valence-electron chi connectivity index (χ4n) is 2.48. The van der Waals surface area contributed by atoms with Gasteiger partial charge in [0.05, 0.1) is 7.11 Å². The van der Waals surface area contributed by atoms with E-state index in [4.69, 9.17) is 4.74 Å². The maximum atomic E-state index is 5.45. The number of rotatable bonds is 5. The molecule has 1 unspecified atom stereocenters. The minimum Gasteiger partial charge on any atom is -0.496 e. The first-order valence-electron chi connectivity index (χ1n) is 6.52. The van der Waals surface area contributed by atoms with Gasteiger partial charge in [-0.05, 0) is 44.7 Å². The van der Waals surface area contributed by atoms with Gasteiger partial charge >= 0.3 is 0 Å². The lowest BCUT2D eigenvalue weighted by Gasteiger charge is -2.19. The second kappa shape index (κ2) is 4.99. The maximum absolute atomic E-state index is 5.45. The van der Waals surface area contributed by atoms with E-state index in [1.807, 2.05) is 0 Å². The average Bonchev–Trinajstić information content (AvgIpc) is 3.07. The number of anilines is 1. The van der Waals surface area contributed by atoms with E-state index in [2.05, 4.69) is 38.2 Å². The van der Waals surface area contributed by atoms with Gasteiger partial charge in [-0.2, -0.15) is 0 Å². The molecule has 2 rings (SSSR count). The average molecular weight is 233 g/mol. The fourth-order valence-corrected chi connectivity index (χ4v) is 2.48. The Morgan fingerprint density at radius 2 is 2.06 bits per heavy atom. The molecule has 17 heavy (non-hydrogen) atoms. The summed E-state index contributed by atoms with van der Waals surface area (Å²) in [6.07, 6.45) is 4.13. The molecule has 2 nitrogen and oxygen atoms in total. The summed E-state index contributed by atoms with van der Waals surface area (Å²) in [4.78, 5) is 0. The first kappa shape index (κ1) is 12.3. The van der Waals surface area contributed by atoms with E-state index in [-0.39, 0.29) is 0 Å². The molecule has 0 amide bonds. The van der Waals surface area contributed by atoms with Crippen LogP contribution in [0, 0.1) is 19.8 Å². The molecule has 0 aliphatic heterocycles. The third-order valence-electron chi connectivity index (χ3n) is 3.59. The predicted octanol–water partition coefficient (Wildman–Crippen LogP) is 3.91. The zero-order valence-corrected chi connectivity index (χ0v) is 11.3. The predicted molar refractivity (Wildman–Crippen MR) is 72.9 cm³/mol. The summed E-state index contributed by atoms with van der Waals surface area (Å²) in [7, 11) is 1.74. The van der Waals surface area contributed by atoms with Gasteiger partial charge < -0.3 is 10.1 Å². The van der Waals surface area contributed by atoms with Crippen molar-refractivity contribution in [2.24, 2.45) is 5.92 Å². The Bertz CT molecular complexity index is 396. The number of hydrogen-bond acceptors (Lipinski definition) is 2. The van der Waals surface area contributed by atoms with Crippen molar-refractivity contribution in [1.29, 1.82) is 0 Å². The standard InChI is InChI=1S/C15H23NO/c1-10-5-8-14(12(3)15(10)17-4)16-11(2)9-13-6-7-13/h5,8,11,13,16H,6-7,9H2,1-4H3. The summed E-state index contributed by atoms with van der Waals surface area (Å²) in [5.41, 5.74) is 3.63. The van der Waals surface area contributed by atoms with Gasteiger partial charge in [0, 0.05) is 17.3 Å². The van der Waals surface area contributed by atoms with Gasteiger partial charge in [0.15, 0.2) is 0 Å². The van der Waals surface area contributed by atoms with Crippen LogP contribution in [0.4, 0.5) is 5.69 Å². The van der Waals surface area contributed by atoms with Crippen molar-refractivity contribution in [3.8, 4) is 5.75 Å². The molecule has 1 atom stereocenters. The van der Waals surface area contributed by atoms with E-state index in [0.717, 1.165) is 11.7 Å². The highest BCUT2D eigenvalue weighted by Gasteiger charge is 2.23. The van der Waals surface area contributed by atoms with Gasteiger partial charge in [-0.15, -0.1) is 0 Å². The summed E-state index contributed by atoms with van der Waals surface area (Å²) in [6, 6.07) is 4.84. The molecule has 1 aliphatic rings. The summed E-state index contributed by atoms with van der Waals surface area (Å²) in [5.74, 6) is 1.97. The Labute approximate surface area is 104 Å². The van der Waals surface area contributed by atoms with E-state index in [1.165, 1.54) is 36.1 Å². The third kappa shape index (κ3) is 2.93. The SMILES string of the molecule is COc1c(C)ccc(NC(C)CC2CC2)c1C. The van der Waals surface area contributed by atoms with Gasteiger partial charge in [-0.25, -0.2) is 0 Å². The van der Waals surface area contributed by atoms with Crippen molar-refractivity contribution < 1.29 is 4.74 Å². The van der Waals surface area contributed by atoms with Gasteiger partial charge in [-0.3, -0.25) is 0 Å². The van der Waals surface area contributed by atoms with Crippen molar-refractivity contribution in [3.63, 3.8) is 0 Å². The van der Waals surface area contributed by atoms with Crippen LogP contribution in [0.3, 0.4) is 0 Å². The monoisotopic (exact) mass is 233 g/mol. The van der Waals surface area contributed by atoms with Crippen LogP contribution in [-0.2, 0) is 0 Å². The summed E-state index contributed by atoms with van der Waals surface area (Å²) >= 11 is 0. The van der Waals surface area contributed by atoms with Crippen molar-refractivity contribution in [1.82, 2.24) is 0 Å². The van der Waals surface area contributed by atoms with Gasteiger partial charge in [0.2, 0.25) is 0 Å². The minimum atomic E-state index is 0.550. The van der Waals surface area contributed by atoms with Crippen molar-refractivity contribution in [3.05, 3.63) is 23.3 Å². The highest BCUT2D eigenvalue weighted by molar-refractivity contribution is 5.60. The zero-order chi connectivity index (χ0) is 12.4. The van der Waals surface area contributed by atoms with Gasteiger partial charge in [0.25, 0.3) is 0 Å². The maximum Gasteiger partial charge on any atom is 0.126 e.